The van der Waals surface area contributed by atoms with Crippen LogP contribution in [0.4, 0.5) is 0 Å². The van der Waals surface area contributed by atoms with Gasteiger partial charge in [0.1, 0.15) is 11.3 Å². The average molecular weight is 327 g/mol. The molecule has 0 aliphatic heterocycles. The Morgan fingerprint density at radius 3 is 2.83 bits per heavy atom. The molecule has 3 aromatic rings. The summed E-state index contributed by atoms with van der Waals surface area (Å²) in [5.41, 5.74) is 3.40. The smallest absolute Gasteiger partial charge is 0.287 e. The zero-order valence-corrected chi connectivity index (χ0v) is 14.3. The first-order valence-corrected chi connectivity index (χ1v) is 7.87. The molecule has 0 saturated carbocycles. The standard InChI is InChI=1S/C18H21N3O3/c1-10(7-13-8-11(2)20-21-13)19-18(22)17-12(3)15-6-5-14(23-4)9-16(15)24-17/h5-6,8-10H,7H2,1-4H3,(H,19,22)(H,20,21)/t10-/m1/s1. The highest BCUT2D eigenvalue weighted by Gasteiger charge is 2.20. The van der Waals surface area contributed by atoms with Crippen LogP contribution in [0, 0.1) is 13.8 Å². The molecule has 0 aliphatic carbocycles. The van der Waals surface area contributed by atoms with Crippen molar-refractivity contribution in [3.63, 3.8) is 0 Å². The normalized spacial score (nSPS) is 12.3. The highest BCUT2D eigenvalue weighted by Crippen LogP contribution is 2.28. The van der Waals surface area contributed by atoms with Crippen molar-refractivity contribution in [3.8, 4) is 5.75 Å². The quantitative estimate of drug-likeness (QED) is 0.754. The monoisotopic (exact) mass is 327 g/mol. The van der Waals surface area contributed by atoms with Crippen LogP contribution in [0.5, 0.6) is 5.75 Å². The van der Waals surface area contributed by atoms with E-state index in [1.54, 1.807) is 13.2 Å². The van der Waals surface area contributed by atoms with Crippen LogP contribution < -0.4 is 10.1 Å². The van der Waals surface area contributed by atoms with E-state index in [2.05, 4.69) is 15.5 Å². The van der Waals surface area contributed by atoms with Gasteiger partial charge in [0.25, 0.3) is 5.91 Å². The van der Waals surface area contributed by atoms with Gasteiger partial charge in [-0.05, 0) is 39.0 Å². The Morgan fingerprint density at radius 1 is 1.38 bits per heavy atom. The van der Waals surface area contributed by atoms with E-state index in [0.717, 1.165) is 22.3 Å². The summed E-state index contributed by atoms with van der Waals surface area (Å²) in [7, 11) is 1.60. The molecule has 2 heterocycles. The van der Waals surface area contributed by atoms with Gasteiger partial charge in [-0.25, -0.2) is 0 Å². The molecule has 24 heavy (non-hydrogen) atoms. The van der Waals surface area contributed by atoms with Crippen molar-refractivity contribution in [3.05, 3.63) is 47.0 Å². The van der Waals surface area contributed by atoms with Gasteiger partial charge in [0.2, 0.25) is 0 Å². The van der Waals surface area contributed by atoms with Gasteiger partial charge in [-0.3, -0.25) is 9.89 Å². The van der Waals surface area contributed by atoms with E-state index < -0.39 is 0 Å². The van der Waals surface area contributed by atoms with Crippen molar-refractivity contribution in [1.82, 2.24) is 15.5 Å². The van der Waals surface area contributed by atoms with Crippen LogP contribution in [0.1, 0.15) is 34.4 Å². The summed E-state index contributed by atoms with van der Waals surface area (Å²) in [5, 5.41) is 11.0. The number of amides is 1. The van der Waals surface area contributed by atoms with Crippen molar-refractivity contribution in [2.75, 3.05) is 7.11 Å². The van der Waals surface area contributed by atoms with Crippen LogP contribution in [0.2, 0.25) is 0 Å². The zero-order valence-electron chi connectivity index (χ0n) is 14.3. The minimum absolute atomic E-state index is 0.0534. The molecule has 0 bridgehead atoms. The molecule has 1 aromatic carbocycles. The fourth-order valence-corrected chi connectivity index (χ4v) is 2.78. The Hall–Kier alpha value is -2.76. The first kappa shape index (κ1) is 16.1. The summed E-state index contributed by atoms with van der Waals surface area (Å²) in [6.07, 6.45) is 0.656. The SMILES string of the molecule is COc1ccc2c(C)c(C(=O)N[C@H](C)Cc3cc(C)[nH]n3)oc2c1. The first-order chi connectivity index (χ1) is 11.5. The number of fused-ring (bicyclic) bond motifs is 1. The van der Waals surface area contributed by atoms with Crippen LogP contribution in [-0.4, -0.2) is 29.3 Å². The maximum Gasteiger partial charge on any atom is 0.287 e. The molecule has 126 valence electrons. The minimum Gasteiger partial charge on any atom is -0.497 e. The summed E-state index contributed by atoms with van der Waals surface area (Å²) in [6.45, 7) is 5.78. The van der Waals surface area contributed by atoms with Crippen LogP contribution >= 0.6 is 0 Å². The van der Waals surface area contributed by atoms with Gasteiger partial charge in [-0.2, -0.15) is 5.10 Å². The van der Waals surface area contributed by atoms with Crippen molar-refractivity contribution in [2.45, 2.75) is 33.2 Å². The maximum atomic E-state index is 12.5. The fraction of sp³-hybridized carbons (Fsp3) is 0.333. The highest BCUT2D eigenvalue weighted by atomic mass is 16.5. The molecule has 6 nitrogen and oxygen atoms in total. The average Bonchev–Trinajstić information content (AvgIpc) is 3.10. The second-order valence-electron chi connectivity index (χ2n) is 6.04. The molecule has 1 atom stereocenters. The Bertz CT molecular complexity index is 879. The molecule has 0 unspecified atom stereocenters. The number of nitrogens with zero attached hydrogens (tertiary/aromatic N) is 1. The number of nitrogens with one attached hydrogen (secondary N) is 2. The number of carbonyl (C=O) groups is 1. The second-order valence-corrected chi connectivity index (χ2v) is 6.04. The molecule has 1 amide bonds. The number of aromatic amines is 1. The van der Waals surface area contributed by atoms with E-state index in [-0.39, 0.29) is 11.9 Å². The minimum atomic E-state index is -0.220. The fourth-order valence-electron chi connectivity index (χ4n) is 2.78. The van der Waals surface area contributed by atoms with Crippen molar-refractivity contribution >= 4 is 16.9 Å². The molecular weight excluding hydrogens is 306 g/mol. The molecule has 6 heteroatoms. The molecular formula is C18H21N3O3. The molecule has 0 saturated heterocycles. The van der Waals surface area contributed by atoms with Gasteiger partial charge in [-0.1, -0.05) is 0 Å². The number of methoxy groups -OCH3 is 1. The number of aryl methyl sites for hydroxylation is 2. The Labute approximate surface area is 140 Å². The van der Waals surface area contributed by atoms with E-state index >= 15 is 0 Å². The van der Waals surface area contributed by atoms with Crippen LogP contribution in [0.15, 0.2) is 28.7 Å². The molecule has 0 spiro atoms. The third-order valence-corrected chi connectivity index (χ3v) is 4.00. The lowest BCUT2D eigenvalue weighted by molar-refractivity contribution is 0.0913. The Morgan fingerprint density at radius 2 is 2.17 bits per heavy atom. The summed E-state index contributed by atoms with van der Waals surface area (Å²) < 4.78 is 10.9. The molecule has 0 fully saturated rings. The van der Waals surface area contributed by atoms with E-state index in [4.69, 9.17) is 9.15 Å². The topological polar surface area (TPSA) is 80.1 Å². The van der Waals surface area contributed by atoms with Gasteiger partial charge in [0.15, 0.2) is 5.76 Å². The number of H-pyrrole nitrogens is 1. The van der Waals surface area contributed by atoms with E-state index in [9.17, 15) is 4.79 Å². The lowest BCUT2D eigenvalue weighted by Crippen LogP contribution is -2.34. The number of furan rings is 1. The lowest BCUT2D eigenvalue weighted by atomic mass is 10.1. The number of aromatic nitrogens is 2. The predicted octanol–water partition coefficient (Wildman–Crippen LogP) is 3.14. The summed E-state index contributed by atoms with van der Waals surface area (Å²) in [4.78, 5) is 12.5. The Kier molecular flexibility index (Phi) is 4.29. The number of ether oxygens (including phenoxy) is 1. The van der Waals surface area contributed by atoms with Crippen LogP contribution in [-0.2, 0) is 6.42 Å². The molecule has 2 aromatic heterocycles. The van der Waals surface area contributed by atoms with Gasteiger partial charge in [-0.15, -0.1) is 0 Å². The van der Waals surface area contributed by atoms with Crippen molar-refractivity contribution < 1.29 is 13.9 Å². The number of rotatable bonds is 5. The van der Waals surface area contributed by atoms with E-state index in [0.29, 0.717) is 23.5 Å². The van der Waals surface area contributed by atoms with Gasteiger partial charge in [0.05, 0.1) is 12.8 Å². The van der Waals surface area contributed by atoms with Gasteiger partial charge < -0.3 is 14.5 Å². The van der Waals surface area contributed by atoms with Crippen molar-refractivity contribution in [2.24, 2.45) is 0 Å². The third kappa shape index (κ3) is 3.13. The molecule has 3 rings (SSSR count). The third-order valence-electron chi connectivity index (χ3n) is 4.00. The molecule has 0 radical (unpaired) electrons. The summed E-state index contributed by atoms with van der Waals surface area (Å²) >= 11 is 0. The van der Waals surface area contributed by atoms with Crippen LogP contribution in [0.25, 0.3) is 11.0 Å². The van der Waals surface area contributed by atoms with E-state index in [1.807, 2.05) is 39.0 Å². The number of hydrogen-bond donors (Lipinski definition) is 2. The number of benzene rings is 1. The second kappa shape index (κ2) is 6.39. The summed E-state index contributed by atoms with van der Waals surface area (Å²) in [6, 6.07) is 7.47. The Balaban J connectivity index is 1.76. The van der Waals surface area contributed by atoms with E-state index in [1.165, 1.54) is 0 Å². The number of hydrogen-bond acceptors (Lipinski definition) is 4. The number of carbonyl (C=O) groups excluding carboxylic acids is 1. The van der Waals surface area contributed by atoms with Crippen molar-refractivity contribution in [1.29, 1.82) is 0 Å². The molecule has 0 aliphatic rings. The lowest BCUT2D eigenvalue weighted by Gasteiger charge is -2.11. The zero-order chi connectivity index (χ0) is 17.3. The highest BCUT2D eigenvalue weighted by molar-refractivity contribution is 5.99. The van der Waals surface area contributed by atoms with Crippen LogP contribution in [0.3, 0.4) is 0 Å². The molecule has 2 N–H and O–H groups in total. The predicted molar refractivity (Wildman–Crippen MR) is 91.5 cm³/mol. The van der Waals surface area contributed by atoms with Gasteiger partial charge in [0, 0.05) is 35.2 Å². The first-order valence-electron chi connectivity index (χ1n) is 7.87. The maximum absolute atomic E-state index is 12.5. The van der Waals surface area contributed by atoms with Gasteiger partial charge >= 0.3 is 0 Å². The summed E-state index contributed by atoms with van der Waals surface area (Å²) in [5.74, 6) is 0.816. The largest absolute Gasteiger partial charge is 0.497 e.